The third kappa shape index (κ3) is 4.16. The first kappa shape index (κ1) is 19.2. The Bertz CT molecular complexity index is 1050. The van der Waals surface area contributed by atoms with Crippen molar-refractivity contribution in [1.82, 2.24) is 15.0 Å². The maximum Gasteiger partial charge on any atom is 0.416 e. The summed E-state index contributed by atoms with van der Waals surface area (Å²) < 4.78 is 44.0. The predicted molar refractivity (Wildman–Crippen MR) is 98.7 cm³/mol. The average molecular weight is 401 g/mol. The van der Waals surface area contributed by atoms with E-state index >= 15 is 0 Å². The monoisotopic (exact) mass is 401 g/mol. The van der Waals surface area contributed by atoms with Gasteiger partial charge in [-0.05, 0) is 24.6 Å². The molecule has 4 rings (SSSR count). The second kappa shape index (κ2) is 7.35. The number of halogens is 3. The molecule has 5 nitrogen and oxygen atoms in total. The van der Waals surface area contributed by atoms with Crippen LogP contribution in [-0.2, 0) is 17.5 Å². The molecule has 0 spiro atoms. The second-order valence-electron chi connectivity index (χ2n) is 7.20. The first-order valence-corrected chi connectivity index (χ1v) is 9.14. The lowest BCUT2D eigenvalue weighted by molar-refractivity contribution is -0.137. The average Bonchev–Trinajstić information content (AvgIpc) is 3.29. The van der Waals surface area contributed by atoms with E-state index in [0.717, 1.165) is 23.3 Å². The van der Waals surface area contributed by atoms with Gasteiger partial charge < -0.3 is 9.42 Å². The molecule has 29 heavy (non-hydrogen) atoms. The van der Waals surface area contributed by atoms with Gasteiger partial charge in [-0.25, -0.2) is 0 Å². The lowest BCUT2D eigenvalue weighted by Crippen LogP contribution is -2.24. The number of carbonyl (C=O) groups excluding carboxylic acids is 1. The van der Waals surface area contributed by atoms with Crippen LogP contribution in [0.25, 0.3) is 11.4 Å². The lowest BCUT2D eigenvalue weighted by atomic mass is 10.1. The zero-order valence-electron chi connectivity index (χ0n) is 15.6. The Hall–Kier alpha value is -3.16. The van der Waals surface area contributed by atoms with Gasteiger partial charge in [0.2, 0.25) is 17.6 Å². The Morgan fingerprint density at radius 2 is 1.97 bits per heavy atom. The summed E-state index contributed by atoms with van der Waals surface area (Å²) in [4.78, 5) is 18.4. The van der Waals surface area contributed by atoms with E-state index in [9.17, 15) is 18.0 Å². The summed E-state index contributed by atoms with van der Waals surface area (Å²) in [5, 5.41) is 3.82. The van der Waals surface area contributed by atoms with Crippen molar-refractivity contribution in [1.29, 1.82) is 0 Å². The number of aryl methyl sites for hydroxylation is 1. The maximum atomic E-state index is 12.9. The van der Waals surface area contributed by atoms with Crippen LogP contribution in [0.4, 0.5) is 13.2 Å². The molecule has 2 aromatic carbocycles. The van der Waals surface area contributed by atoms with E-state index in [1.165, 1.54) is 12.1 Å². The molecule has 0 radical (unpaired) electrons. The van der Waals surface area contributed by atoms with Gasteiger partial charge in [-0.2, -0.15) is 18.2 Å². The fourth-order valence-corrected chi connectivity index (χ4v) is 3.47. The molecule has 1 unspecified atom stereocenters. The van der Waals surface area contributed by atoms with Gasteiger partial charge in [0.15, 0.2) is 0 Å². The highest BCUT2D eigenvalue weighted by Gasteiger charge is 2.35. The third-order valence-corrected chi connectivity index (χ3v) is 4.91. The van der Waals surface area contributed by atoms with Crippen molar-refractivity contribution >= 4 is 5.91 Å². The van der Waals surface area contributed by atoms with Crippen molar-refractivity contribution in [2.24, 2.45) is 0 Å². The molecule has 1 fully saturated rings. The van der Waals surface area contributed by atoms with E-state index in [-0.39, 0.29) is 35.5 Å². The number of carbonyl (C=O) groups is 1. The van der Waals surface area contributed by atoms with Crippen LogP contribution in [-0.4, -0.2) is 27.5 Å². The van der Waals surface area contributed by atoms with Crippen molar-refractivity contribution in [3.05, 3.63) is 71.1 Å². The van der Waals surface area contributed by atoms with Gasteiger partial charge in [0.25, 0.3) is 0 Å². The van der Waals surface area contributed by atoms with Crippen LogP contribution in [0.5, 0.6) is 0 Å². The Morgan fingerprint density at radius 3 is 2.72 bits per heavy atom. The molecule has 1 aromatic heterocycles. The van der Waals surface area contributed by atoms with Crippen LogP contribution < -0.4 is 0 Å². The normalized spacial score (nSPS) is 17.2. The lowest BCUT2D eigenvalue weighted by Gasteiger charge is -2.16. The van der Waals surface area contributed by atoms with Crippen LogP contribution in [0.2, 0.25) is 0 Å². The molecule has 1 saturated heterocycles. The molecule has 0 bridgehead atoms. The zero-order valence-corrected chi connectivity index (χ0v) is 15.6. The van der Waals surface area contributed by atoms with Crippen molar-refractivity contribution < 1.29 is 22.5 Å². The number of nitrogens with zero attached hydrogens (tertiary/aromatic N) is 3. The summed E-state index contributed by atoms with van der Waals surface area (Å²) in [7, 11) is 0. The molecule has 3 aromatic rings. The minimum absolute atomic E-state index is 0.0182. The molecule has 1 atom stereocenters. The summed E-state index contributed by atoms with van der Waals surface area (Å²) in [5.41, 5.74) is 1.60. The van der Waals surface area contributed by atoms with Gasteiger partial charge in [-0.15, -0.1) is 0 Å². The van der Waals surface area contributed by atoms with Gasteiger partial charge in [0.1, 0.15) is 0 Å². The van der Waals surface area contributed by atoms with Crippen LogP contribution >= 0.6 is 0 Å². The molecule has 0 aliphatic carbocycles. The highest BCUT2D eigenvalue weighted by atomic mass is 19.4. The minimum Gasteiger partial charge on any atom is -0.339 e. The third-order valence-electron chi connectivity index (χ3n) is 4.91. The van der Waals surface area contributed by atoms with Gasteiger partial charge >= 0.3 is 6.18 Å². The van der Waals surface area contributed by atoms with E-state index in [1.807, 2.05) is 31.2 Å². The zero-order chi connectivity index (χ0) is 20.6. The van der Waals surface area contributed by atoms with Crippen molar-refractivity contribution in [2.45, 2.75) is 32.0 Å². The van der Waals surface area contributed by atoms with E-state index in [2.05, 4.69) is 10.1 Å². The summed E-state index contributed by atoms with van der Waals surface area (Å²) in [6.07, 6.45) is -4.22. The second-order valence-corrected chi connectivity index (χ2v) is 7.20. The van der Waals surface area contributed by atoms with Crippen LogP contribution in [0, 0.1) is 6.92 Å². The summed E-state index contributed by atoms with van der Waals surface area (Å²) in [5.74, 6) is 0.0443. The van der Waals surface area contributed by atoms with Gasteiger partial charge in [0.05, 0.1) is 11.5 Å². The number of aromatic nitrogens is 2. The van der Waals surface area contributed by atoms with Crippen LogP contribution in [0.1, 0.15) is 34.9 Å². The summed E-state index contributed by atoms with van der Waals surface area (Å²) in [6, 6.07) is 12.7. The maximum absolute atomic E-state index is 12.9. The van der Waals surface area contributed by atoms with Gasteiger partial charge in [-0.1, -0.05) is 47.1 Å². The Kier molecular flexibility index (Phi) is 4.86. The van der Waals surface area contributed by atoms with E-state index in [4.69, 9.17) is 4.52 Å². The van der Waals surface area contributed by atoms with Crippen molar-refractivity contribution in [3.63, 3.8) is 0 Å². The topological polar surface area (TPSA) is 59.2 Å². The highest BCUT2D eigenvalue weighted by molar-refractivity contribution is 5.79. The Labute approximate surface area is 165 Å². The molecule has 1 aliphatic rings. The number of likely N-dealkylation sites (tertiary alicyclic amines) is 1. The molecule has 1 amide bonds. The highest BCUT2D eigenvalue weighted by Crippen LogP contribution is 2.33. The van der Waals surface area contributed by atoms with E-state index < -0.39 is 11.7 Å². The fraction of sp³-hybridized carbons (Fsp3) is 0.286. The quantitative estimate of drug-likeness (QED) is 0.642. The first-order chi connectivity index (χ1) is 13.8. The van der Waals surface area contributed by atoms with Crippen molar-refractivity contribution in [2.75, 3.05) is 6.54 Å². The molecule has 150 valence electrons. The number of benzene rings is 2. The summed E-state index contributed by atoms with van der Waals surface area (Å²) >= 11 is 0. The van der Waals surface area contributed by atoms with Gasteiger partial charge in [-0.3, -0.25) is 4.79 Å². The first-order valence-electron chi connectivity index (χ1n) is 9.14. The number of hydrogen-bond donors (Lipinski definition) is 0. The fourth-order valence-electron chi connectivity index (χ4n) is 3.47. The number of hydrogen-bond acceptors (Lipinski definition) is 4. The minimum atomic E-state index is -4.45. The molecule has 2 heterocycles. The van der Waals surface area contributed by atoms with Crippen LogP contribution in [0.15, 0.2) is 53.1 Å². The Morgan fingerprint density at radius 1 is 1.17 bits per heavy atom. The molecular formula is C21H18F3N3O2. The molecular weight excluding hydrogens is 383 g/mol. The van der Waals surface area contributed by atoms with Crippen molar-refractivity contribution in [3.8, 4) is 11.4 Å². The smallest absolute Gasteiger partial charge is 0.339 e. The standard InChI is InChI=1S/C21H18F3N3O2/c1-13-4-2-5-14(8-13)11-27-12-16(10-18(27)28)20-25-19(26-29-20)15-6-3-7-17(9-15)21(22,23)24/h2-9,16H,10-12H2,1H3. The van der Waals surface area contributed by atoms with E-state index in [0.29, 0.717) is 13.1 Å². The molecule has 0 saturated carbocycles. The largest absolute Gasteiger partial charge is 0.416 e. The number of alkyl halides is 3. The van der Waals surface area contributed by atoms with Crippen LogP contribution in [0.3, 0.4) is 0 Å². The molecule has 1 aliphatic heterocycles. The SMILES string of the molecule is Cc1cccc(CN2CC(c3nc(-c4cccc(C(F)(F)F)c4)no3)CC2=O)c1. The van der Waals surface area contributed by atoms with E-state index in [1.54, 1.807) is 4.90 Å². The summed E-state index contributed by atoms with van der Waals surface area (Å²) in [6.45, 7) is 2.91. The molecule has 8 heteroatoms. The predicted octanol–water partition coefficient (Wildman–Crippen LogP) is 4.58. The van der Waals surface area contributed by atoms with Gasteiger partial charge in [0, 0.05) is 25.1 Å². The number of amides is 1. The Balaban J connectivity index is 1.50. The number of rotatable bonds is 4. The molecule has 0 N–H and O–H groups in total.